The van der Waals surface area contributed by atoms with Gasteiger partial charge in [-0.2, -0.15) is 0 Å². The molecule has 0 bridgehead atoms. The number of nitrogens with zero attached hydrogens (tertiary/aromatic N) is 1. The summed E-state index contributed by atoms with van der Waals surface area (Å²) in [4.78, 5) is 43.6. The fraction of sp³-hybridized carbons (Fsp3) is 0.714. The first kappa shape index (κ1) is 21.0. The minimum absolute atomic E-state index is 0.253. The van der Waals surface area contributed by atoms with Crippen molar-refractivity contribution in [2.75, 3.05) is 7.11 Å². The highest BCUT2D eigenvalue weighted by Crippen LogP contribution is 2.42. The van der Waals surface area contributed by atoms with Crippen LogP contribution in [0.4, 0.5) is 0 Å². The number of ether oxygens (including phenoxy) is 3. The Labute approximate surface area is 149 Å². The summed E-state index contributed by atoms with van der Waals surface area (Å²) in [6.07, 6.45) is -3.53. The van der Waals surface area contributed by atoms with Gasteiger partial charge in [-0.05, 0) is 20.8 Å². The molecule has 5 atom stereocenters. The van der Waals surface area contributed by atoms with Gasteiger partial charge >= 0.3 is 13.5 Å². The molecule has 1 unspecified atom stereocenters. The quantitative estimate of drug-likeness (QED) is 0.532. The number of phosphoric acid groups is 1. The minimum Gasteiger partial charge on any atom is -0.374 e. The highest BCUT2D eigenvalue weighted by Gasteiger charge is 2.50. The van der Waals surface area contributed by atoms with Crippen molar-refractivity contribution >= 4 is 7.82 Å². The van der Waals surface area contributed by atoms with E-state index in [2.05, 4.69) is 4.98 Å². The number of aromatic amines is 1. The summed E-state index contributed by atoms with van der Waals surface area (Å²) < 4.78 is 34.1. The Kier molecular flexibility index (Phi) is 6.56. The average Bonchev–Trinajstić information content (AvgIpc) is 2.83. The number of nitrogens with one attached hydrogen (secondary N) is 1. The maximum Gasteiger partial charge on any atom is 0.469 e. The van der Waals surface area contributed by atoms with E-state index in [0.29, 0.717) is 0 Å². The first-order valence-corrected chi connectivity index (χ1v) is 9.45. The molecule has 0 spiro atoms. The Balaban J connectivity index is 2.40. The van der Waals surface area contributed by atoms with Crippen LogP contribution in [0, 0.1) is 0 Å². The van der Waals surface area contributed by atoms with Gasteiger partial charge in [-0.1, -0.05) is 0 Å². The van der Waals surface area contributed by atoms with Crippen molar-refractivity contribution in [3.63, 3.8) is 0 Å². The van der Waals surface area contributed by atoms with E-state index in [1.54, 1.807) is 13.8 Å². The maximum atomic E-state index is 12.1. The van der Waals surface area contributed by atoms with Crippen LogP contribution in [-0.2, 0) is 23.3 Å². The molecule has 148 valence electrons. The highest BCUT2D eigenvalue weighted by molar-refractivity contribution is 7.46. The molecule has 2 rings (SSSR count). The molecule has 0 radical (unpaired) electrons. The van der Waals surface area contributed by atoms with E-state index in [0.717, 1.165) is 10.6 Å². The third-order valence-electron chi connectivity index (χ3n) is 3.82. The molecule has 1 aliphatic rings. The Hall–Kier alpha value is -1.33. The average molecular weight is 394 g/mol. The number of hydrogen-bond acceptors (Lipinski definition) is 7. The first-order valence-electron chi connectivity index (χ1n) is 7.92. The SMILES string of the molecule is CO[C@H]1C(OC(C)C)[C@@H]([C@@H](C)OP(=O)(O)O)O[C@H]1n1ccc(=O)[nH]c1=O. The van der Waals surface area contributed by atoms with Crippen LogP contribution in [0.5, 0.6) is 0 Å². The second-order valence-electron chi connectivity index (χ2n) is 6.16. The largest absolute Gasteiger partial charge is 0.469 e. The molecular weight excluding hydrogens is 371 g/mol. The molecule has 26 heavy (non-hydrogen) atoms. The van der Waals surface area contributed by atoms with Crippen molar-refractivity contribution in [3.8, 4) is 0 Å². The van der Waals surface area contributed by atoms with Gasteiger partial charge in [0, 0.05) is 19.4 Å². The number of hydrogen-bond donors (Lipinski definition) is 3. The van der Waals surface area contributed by atoms with E-state index in [9.17, 15) is 14.2 Å². The van der Waals surface area contributed by atoms with E-state index in [1.165, 1.54) is 20.2 Å². The molecule has 11 nitrogen and oxygen atoms in total. The van der Waals surface area contributed by atoms with Crippen LogP contribution < -0.4 is 11.2 Å². The molecule has 0 saturated carbocycles. The fourth-order valence-electron chi connectivity index (χ4n) is 2.89. The number of methoxy groups -OCH3 is 1. The molecule has 0 amide bonds. The molecule has 12 heteroatoms. The summed E-state index contributed by atoms with van der Waals surface area (Å²) in [5, 5.41) is 0. The number of H-pyrrole nitrogens is 1. The summed E-state index contributed by atoms with van der Waals surface area (Å²) in [5.41, 5.74) is -1.28. The number of aromatic nitrogens is 2. The Bertz CT molecular complexity index is 770. The minimum atomic E-state index is -4.76. The third kappa shape index (κ3) is 4.89. The lowest BCUT2D eigenvalue weighted by molar-refractivity contribution is -0.101. The van der Waals surface area contributed by atoms with Gasteiger partial charge in [-0.15, -0.1) is 0 Å². The van der Waals surface area contributed by atoms with Gasteiger partial charge in [0.25, 0.3) is 5.56 Å². The van der Waals surface area contributed by atoms with Gasteiger partial charge < -0.3 is 24.0 Å². The topological polar surface area (TPSA) is 149 Å². The second-order valence-corrected chi connectivity index (χ2v) is 7.35. The molecule has 0 aliphatic carbocycles. The van der Waals surface area contributed by atoms with E-state index in [-0.39, 0.29) is 6.10 Å². The van der Waals surface area contributed by atoms with E-state index >= 15 is 0 Å². The fourth-order valence-corrected chi connectivity index (χ4v) is 3.44. The van der Waals surface area contributed by atoms with Crippen molar-refractivity contribution in [2.45, 2.75) is 57.5 Å². The number of phosphoric ester groups is 1. The van der Waals surface area contributed by atoms with Gasteiger partial charge in [-0.25, -0.2) is 9.36 Å². The molecule has 2 heterocycles. The standard InChI is InChI=1S/C14H23N2O9P/c1-7(2)23-11-10(8(3)25-26(19,20)21)24-13(12(11)22-4)16-6-5-9(17)15-14(16)18/h5-8,10-13H,1-4H3,(H,15,17,18)(H2,19,20,21)/t8-,10-,11?,12+,13-/m1/s1. The summed E-state index contributed by atoms with van der Waals surface area (Å²) in [6.45, 7) is 4.97. The molecule has 0 aromatic carbocycles. The van der Waals surface area contributed by atoms with Crippen LogP contribution in [0.15, 0.2) is 21.9 Å². The Morgan fingerprint density at radius 3 is 2.42 bits per heavy atom. The van der Waals surface area contributed by atoms with Crippen molar-refractivity contribution < 1.29 is 33.1 Å². The molecule has 3 N–H and O–H groups in total. The van der Waals surface area contributed by atoms with Crippen LogP contribution >= 0.6 is 7.82 Å². The van der Waals surface area contributed by atoms with Crippen LogP contribution in [0.1, 0.15) is 27.0 Å². The summed E-state index contributed by atoms with van der Waals surface area (Å²) in [7, 11) is -3.37. The second kappa shape index (κ2) is 8.13. The zero-order valence-electron chi connectivity index (χ0n) is 14.8. The van der Waals surface area contributed by atoms with E-state index < -0.39 is 49.7 Å². The van der Waals surface area contributed by atoms with E-state index in [4.69, 9.17) is 28.5 Å². The predicted molar refractivity (Wildman–Crippen MR) is 88.6 cm³/mol. The normalized spacial score (nSPS) is 27.8. The molecule has 1 saturated heterocycles. The van der Waals surface area contributed by atoms with Gasteiger partial charge in [0.2, 0.25) is 0 Å². The predicted octanol–water partition coefficient (Wildman–Crippen LogP) is -0.260. The Morgan fingerprint density at radius 1 is 1.27 bits per heavy atom. The zero-order chi connectivity index (χ0) is 19.6. The summed E-state index contributed by atoms with van der Waals surface area (Å²) >= 11 is 0. The van der Waals surface area contributed by atoms with Crippen LogP contribution in [0.2, 0.25) is 0 Å². The molecular formula is C14H23N2O9P. The molecule has 1 aromatic heterocycles. The lowest BCUT2D eigenvalue weighted by Crippen LogP contribution is -2.43. The lowest BCUT2D eigenvalue weighted by atomic mass is 10.1. The van der Waals surface area contributed by atoms with Crippen molar-refractivity contribution in [1.29, 1.82) is 0 Å². The summed E-state index contributed by atoms with van der Waals surface area (Å²) in [6, 6.07) is 1.15. The van der Waals surface area contributed by atoms with Crippen molar-refractivity contribution in [1.82, 2.24) is 9.55 Å². The van der Waals surface area contributed by atoms with E-state index in [1.807, 2.05) is 0 Å². The molecule has 1 aromatic rings. The number of rotatable bonds is 7. The van der Waals surface area contributed by atoms with Gasteiger partial charge in [0.1, 0.15) is 18.3 Å². The van der Waals surface area contributed by atoms with Gasteiger partial charge in [0.15, 0.2) is 6.23 Å². The Morgan fingerprint density at radius 2 is 1.92 bits per heavy atom. The van der Waals surface area contributed by atoms with Crippen molar-refractivity contribution in [2.24, 2.45) is 0 Å². The maximum absolute atomic E-state index is 12.1. The van der Waals surface area contributed by atoms with Crippen LogP contribution in [0.25, 0.3) is 0 Å². The third-order valence-corrected chi connectivity index (χ3v) is 4.43. The molecule has 1 fully saturated rings. The molecule has 1 aliphatic heterocycles. The zero-order valence-corrected chi connectivity index (χ0v) is 15.7. The van der Waals surface area contributed by atoms with Crippen LogP contribution in [-0.4, -0.2) is 57.0 Å². The summed E-state index contributed by atoms with van der Waals surface area (Å²) in [5.74, 6) is 0. The highest BCUT2D eigenvalue weighted by atomic mass is 31.2. The van der Waals surface area contributed by atoms with Gasteiger partial charge in [-0.3, -0.25) is 18.9 Å². The first-order chi connectivity index (χ1) is 12.0. The van der Waals surface area contributed by atoms with Gasteiger partial charge in [0.05, 0.1) is 12.2 Å². The van der Waals surface area contributed by atoms with Crippen LogP contribution in [0.3, 0.4) is 0 Å². The monoisotopic (exact) mass is 394 g/mol. The smallest absolute Gasteiger partial charge is 0.374 e. The van der Waals surface area contributed by atoms with Crippen molar-refractivity contribution in [3.05, 3.63) is 33.1 Å². The lowest BCUT2D eigenvalue weighted by Gasteiger charge is -2.28.